The molecular weight excluding hydrogens is 252 g/mol. The minimum absolute atomic E-state index is 0.244. The van der Waals surface area contributed by atoms with Crippen molar-refractivity contribution in [3.63, 3.8) is 0 Å². The summed E-state index contributed by atoms with van der Waals surface area (Å²) < 4.78 is 18.5. The second-order valence-corrected chi connectivity index (χ2v) is 4.10. The van der Waals surface area contributed by atoms with E-state index in [1.165, 1.54) is 12.1 Å². The van der Waals surface area contributed by atoms with Crippen molar-refractivity contribution in [1.82, 2.24) is 4.98 Å². The Hall–Kier alpha value is -0.900. The van der Waals surface area contributed by atoms with Crippen LogP contribution >= 0.6 is 23.2 Å². The van der Waals surface area contributed by atoms with Crippen LogP contribution in [0.4, 0.5) is 4.39 Å². The standard InChI is InChI=1S/C11H8Cl2FNO/c1-16-5-6-4-8(13)10-9(14)3-2-7(12)11(10)15-6/h2-4H,5H2,1H3. The molecule has 0 aliphatic heterocycles. The number of benzene rings is 1. The smallest absolute Gasteiger partial charge is 0.134 e. The summed E-state index contributed by atoms with van der Waals surface area (Å²) in [6.07, 6.45) is 0. The predicted octanol–water partition coefficient (Wildman–Crippen LogP) is 3.83. The summed E-state index contributed by atoms with van der Waals surface area (Å²) in [5.41, 5.74) is 0.980. The van der Waals surface area contributed by atoms with Crippen LogP contribution in [-0.4, -0.2) is 12.1 Å². The van der Waals surface area contributed by atoms with E-state index in [2.05, 4.69) is 4.98 Å². The highest BCUT2D eigenvalue weighted by Gasteiger charge is 2.11. The van der Waals surface area contributed by atoms with Gasteiger partial charge in [-0.25, -0.2) is 9.37 Å². The molecule has 0 radical (unpaired) electrons. The number of fused-ring (bicyclic) bond motifs is 1. The summed E-state index contributed by atoms with van der Waals surface area (Å²) in [6, 6.07) is 4.31. The summed E-state index contributed by atoms with van der Waals surface area (Å²) in [6.45, 7) is 0.308. The van der Waals surface area contributed by atoms with E-state index in [1.807, 2.05) is 0 Å². The topological polar surface area (TPSA) is 22.1 Å². The summed E-state index contributed by atoms with van der Waals surface area (Å²) in [5, 5.41) is 0.905. The molecule has 0 N–H and O–H groups in total. The van der Waals surface area contributed by atoms with Gasteiger partial charge in [0.2, 0.25) is 0 Å². The molecule has 0 amide bonds. The number of methoxy groups -OCH3 is 1. The molecule has 0 spiro atoms. The number of rotatable bonds is 2. The molecule has 16 heavy (non-hydrogen) atoms. The van der Waals surface area contributed by atoms with E-state index in [0.29, 0.717) is 22.8 Å². The minimum Gasteiger partial charge on any atom is -0.378 e. The first kappa shape index (κ1) is 11.6. The van der Waals surface area contributed by atoms with Crippen molar-refractivity contribution in [3.05, 3.63) is 39.8 Å². The highest BCUT2D eigenvalue weighted by Crippen LogP contribution is 2.30. The Bertz CT molecular complexity index is 545. The lowest BCUT2D eigenvalue weighted by molar-refractivity contribution is 0.182. The van der Waals surface area contributed by atoms with Gasteiger partial charge >= 0.3 is 0 Å². The monoisotopic (exact) mass is 259 g/mol. The molecule has 0 saturated carbocycles. The lowest BCUT2D eigenvalue weighted by Crippen LogP contribution is -1.95. The maximum atomic E-state index is 13.5. The lowest BCUT2D eigenvalue weighted by atomic mass is 10.2. The van der Waals surface area contributed by atoms with E-state index in [-0.39, 0.29) is 10.4 Å². The molecule has 84 valence electrons. The van der Waals surface area contributed by atoms with E-state index in [0.717, 1.165) is 0 Å². The van der Waals surface area contributed by atoms with Crippen molar-refractivity contribution in [2.45, 2.75) is 6.61 Å². The molecule has 1 heterocycles. The number of pyridine rings is 1. The maximum absolute atomic E-state index is 13.5. The molecule has 1 aromatic carbocycles. The van der Waals surface area contributed by atoms with Gasteiger partial charge in [0.25, 0.3) is 0 Å². The molecule has 0 unspecified atom stereocenters. The predicted molar refractivity (Wildman–Crippen MR) is 62.4 cm³/mol. The molecule has 0 fully saturated rings. The Kier molecular flexibility index (Phi) is 3.28. The van der Waals surface area contributed by atoms with Crippen molar-refractivity contribution < 1.29 is 9.13 Å². The highest BCUT2D eigenvalue weighted by molar-refractivity contribution is 6.39. The molecule has 2 nitrogen and oxygen atoms in total. The van der Waals surface area contributed by atoms with Gasteiger partial charge in [-0.2, -0.15) is 0 Å². The van der Waals surface area contributed by atoms with Crippen molar-refractivity contribution in [2.24, 2.45) is 0 Å². The van der Waals surface area contributed by atoms with Crippen molar-refractivity contribution in [1.29, 1.82) is 0 Å². The van der Waals surface area contributed by atoms with E-state index in [1.54, 1.807) is 13.2 Å². The summed E-state index contributed by atoms with van der Waals surface area (Å²) in [5.74, 6) is -0.430. The maximum Gasteiger partial charge on any atom is 0.134 e. The molecule has 5 heteroatoms. The molecule has 0 saturated heterocycles. The third kappa shape index (κ3) is 1.98. The molecule has 0 aliphatic carbocycles. The van der Waals surface area contributed by atoms with Crippen LogP contribution in [0, 0.1) is 5.82 Å². The fourth-order valence-electron chi connectivity index (χ4n) is 1.49. The van der Waals surface area contributed by atoms with Gasteiger partial charge in [0.05, 0.1) is 33.2 Å². The Morgan fingerprint density at radius 2 is 2.06 bits per heavy atom. The SMILES string of the molecule is COCc1cc(Cl)c2c(F)ccc(Cl)c2n1. The highest BCUT2D eigenvalue weighted by atomic mass is 35.5. The Morgan fingerprint density at radius 1 is 1.31 bits per heavy atom. The van der Waals surface area contributed by atoms with Gasteiger partial charge in [-0.05, 0) is 18.2 Å². The van der Waals surface area contributed by atoms with Gasteiger partial charge in [-0.1, -0.05) is 23.2 Å². The van der Waals surface area contributed by atoms with Crippen LogP contribution in [-0.2, 0) is 11.3 Å². The third-order valence-electron chi connectivity index (χ3n) is 2.16. The summed E-state index contributed by atoms with van der Waals surface area (Å²) in [7, 11) is 1.55. The quantitative estimate of drug-likeness (QED) is 0.818. The average Bonchev–Trinajstić information content (AvgIpc) is 2.23. The zero-order valence-electron chi connectivity index (χ0n) is 8.43. The fourth-order valence-corrected chi connectivity index (χ4v) is 2.00. The van der Waals surface area contributed by atoms with Gasteiger partial charge < -0.3 is 4.74 Å². The number of hydrogen-bond donors (Lipinski definition) is 0. The van der Waals surface area contributed by atoms with Gasteiger partial charge in [-0.3, -0.25) is 0 Å². The second-order valence-electron chi connectivity index (χ2n) is 3.28. The molecule has 1 aromatic heterocycles. The molecule has 0 aliphatic rings. The summed E-state index contributed by atoms with van der Waals surface area (Å²) in [4.78, 5) is 4.20. The zero-order chi connectivity index (χ0) is 11.7. The van der Waals surface area contributed by atoms with Gasteiger partial charge in [0.15, 0.2) is 0 Å². The van der Waals surface area contributed by atoms with E-state index >= 15 is 0 Å². The first-order valence-corrected chi connectivity index (χ1v) is 5.31. The van der Waals surface area contributed by atoms with Crippen LogP contribution in [0.3, 0.4) is 0 Å². The number of halogens is 3. The summed E-state index contributed by atoms with van der Waals surface area (Å²) >= 11 is 11.9. The normalized spacial score (nSPS) is 11.0. The zero-order valence-corrected chi connectivity index (χ0v) is 9.94. The van der Waals surface area contributed by atoms with Crippen molar-refractivity contribution >= 4 is 34.1 Å². The Labute approximate surface area is 102 Å². The molecular formula is C11H8Cl2FNO. The van der Waals surface area contributed by atoms with E-state index in [9.17, 15) is 4.39 Å². The van der Waals surface area contributed by atoms with Crippen LogP contribution < -0.4 is 0 Å². The van der Waals surface area contributed by atoms with E-state index < -0.39 is 5.82 Å². The van der Waals surface area contributed by atoms with Gasteiger partial charge in [-0.15, -0.1) is 0 Å². The number of ether oxygens (including phenoxy) is 1. The van der Waals surface area contributed by atoms with Crippen LogP contribution in [0.25, 0.3) is 10.9 Å². The fraction of sp³-hybridized carbons (Fsp3) is 0.182. The molecule has 2 rings (SSSR count). The van der Waals surface area contributed by atoms with Crippen molar-refractivity contribution in [3.8, 4) is 0 Å². The Balaban J connectivity index is 2.76. The molecule has 0 bridgehead atoms. The minimum atomic E-state index is -0.430. The number of hydrogen-bond acceptors (Lipinski definition) is 2. The van der Waals surface area contributed by atoms with E-state index in [4.69, 9.17) is 27.9 Å². The third-order valence-corrected chi connectivity index (χ3v) is 2.76. The number of nitrogens with zero attached hydrogens (tertiary/aromatic N) is 1. The molecule has 2 aromatic rings. The number of aromatic nitrogens is 1. The van der Waals surface area contributed by atoms with Crippen LogP contribution in [0.5, 0.6) is 0 Å². The van der Waals surface area contributed by atoms with Gasteiger partial charge in [0.1, 0.15) is 5.82 Å². The van der Waals surface area contributed by atoms with Crippen LogP contribution in [0.1, 0.15) is 5.69 Å². The second kappa shape index (κ2) is 4.53. The first-order chi connectivity index (χ1) is 7.63. The van der Waals surface area contributed by atoms with Crippen LogP contribution in [0.15, 0.2) is 18.2 Å². The van der Waals surface area contributed by atoms with Crippen LogP contribution in [0.2, 0.25) is 10.0 Å². The molecule has 0 atom stereocenters. The largest absolute Gasteiger partial charge is 0.378 e. The lowest BCUT2D eigenvalue weighted by Gasteiger charge is -2.06. The first-order valence-electron chi connectivity index (χ1n) is 4.55. The Morgan fingerprint density at radius 3 is 2.75 bits per heavy atom. The van der Waals surface area contributed by atoms with Crippen molar-refractivity contribution in [2.75, 3.05) is 7.11 Å². The van der Waals surface area contributed by atoms with Gasteiger partial charge in [0, 0.05) is 7.11 Å². The average molecular weight is 260 g/mol.